The summed E-state index contributed by atoms with van der Waals surface area (Å²) in [6, 6.07) is 8.12. The van der Waals surface area contributed by atoms with Crippen molar-refractivity contribution in [3.05, 3.63) is 44.5 Å². The van der Waals surface area contributed by atoms with E-state index >= 15 is 0 Å². The number of fused-ring (bicyclic) bond motifs is 1. The first kappa shape index (κ1) is 12.7. The highest BCUT2D eigenvalue weighted by Gasteiger charge is 2.15. The smallest absolute Gasteiger partial charge is 0.135 e. The van der Waals surface area contributed by atoms with E-state index in [0.717, 1.165) is 22.0 Å². The van der Waals surface area contributed by atoms with E-state index in [-0.39, 0.29) is 0 Å². The first-order chi connectivity index (χ1) is 8.36. The molecule has 90 valence electrons. The van der Waals surface area contributed by atoms with Gasteiger partial charge in [0.15, 0.2) is 0 Å². The second-order valence-corrected chi connectivity index (χ2v) is 6.07. The summed E-state index contributed by atoms with van der Waals surface area (Å²) >= 11 is 3.38. The minimum atomic E-state index is 0.625. The number of hydrogen-bond acceptors (Lipinski definition) is 4. The minimum Gasteiger partial charge on any atom is -0.145 e. The molecular weight excluding hydrogens is 250 g/mol. The molecule has 0 aliphatic carbocycles. The van der Waals surface area contributed by atoms with Crippen LogP contribution in [0.1, 0.15) is 24.0 Å². The van der Waals surface area contributed by atoms with Crippen LogP contribution in [0.2, 0.25) is 0 Å². The molecule has 0 fully saturated rings. The van der Waals surface area contributed by atoms with Crippen LogP contribution in [-0.4, -0.2) is 12.0 Å². The molecule has 0 spiro atoms. The molecule has 0 N–H and O–H groups in total. The average molecular weight is 265 g/mol. The number of nitrogens with zero attached hydrogens (tertiary/aromatic N) is 1. The van der Waals surface area contributed by atoms with Gasteiger partial charge < -0.3 is 0 Å². The molecule has 1 aliphatic rings. The molecule has 1 aromatic rings. The fourth-order valence-electron chi connectivity index (χ4n) is 1.97. The minimum absolute atomic E-state index is 0.625. The van der Waals surface area contributed by atoms with E-state index in [1.54, 1.807) is 23.5 Å². The first-order valence-corrected chi connectivity index (χ1v) is 7.90. The molecule has 17 heavy (non-hydrogen) atoms. The third kappa shape index (κ3) is 2.93. The van der Waals surface area contributed by atoms with E-state index in [0.29, 0.717) is 5.70 Å². The lowest BCUT2D eigenvalue weighted by atomic mass is 10.0. The van der Waals surface area contributed by atoms with Crippen LogP contribution in [0.3, 0.4) is 0 Å². The van der Waals surface area contributed by atoms with Crippen LogP contribution < -0.4 is 0 Å². The van der Waals surface area contributed by atoms with Crippen LogP contribution in [-0.2, 0) is 6.42 Å². The molecular formula is C13H15NOS2. The van der Waals surface area contributed by atoms with E-state index in [2.05, 4.69) is 11.2 Å². The Morgan fingerprint density at radius 1 is 1.29 bits per heavy atom. The van der Waals surface area contributed by atoms with Crippen molar-refractivity contribution in [1.29, 1.82) is 0 Å². The van der Waals surface area contributed by atoms with Crippen LogP contribution in [0.15, 0.2) is 33.7 Å². The summed E-state index contributed by atoms with van der Waals surface area (Å²) in [5, 5.41) is 3.27. The molecule has 0 saturated heterocycles. The molecule has 1 heterocycles. The third-order valence-corrected chi connectivity index (χ3v) is 5.18. The van der Waals surface area contributed by atoms with Crippen molar-refractivity contribution in [3.8, 4) is 0 Å². The Balaban J connectivity index is 2.54. The normalized spacial score (nSPS) is 16.8. The van der Waals surface area contributed by atoms with Gasteiger partial charge in [0, 0.05) is 5.56 Å². The number of nitroso groups, excluding NO2 is 1. The van der Waals surface area contributed by atoms with Crippen LogP contribution in [0.5, 0.6) is 0 Å². The number of rotatable bonds is 2. The quantitative estimate of drug-likeness (QED) is 0.737. The summed E-state index contributed by atoms with van der Waals surface area (Å²) in [5.41, 5.74) is 2.89. The zero-order valence-electron chi connectivity index (χ0n) is 9.81. The fraction of sp³-hybridized carbons (Fsp3) is 0.385. The van der Waals surface area contributed by atoms with E-state index in [4.69, 9.17) is 0 Å². The maximum atomic E-state index is 11.1. The number of hydrogen-bond donors (Lipinski definition) is 0. The Bertz CT molecular complexity index is 443. The van der Waals surface area contributed by atoms with Crippen LogP contribution in [0.25, 0.3) is 5.70 Å². The Morgan fingerprint density at radius 3 is 2.88 bits per heavy atom. The van der Waals surface area contributed by atoms with Gasteiger partial charge in [-0.25, -0.2) is 0 Å². The molecule has 0 saturated carbocycles. The van der Waals surface area contributed by atoms with Crippen molar-refractivity contribution in [2.24, 2.45) is 5.18 Å². The highest BCUT2D eigenvalue weighted by atomic mass is 32.2. The van der Waals surface area contributed by atoms with Gasteiger partial charge in [0.2, 0.25) is 0 Å². The maximum absolute atomic E-state index is 11.1. The Labute approximate surface area is 110 Å². The Morgan fingerprint density at radius 2 is 2.12 bits per heavy atom. The van der Waals surface area contributed by atoms with Crippen molar-refractivity contribution in [2.75, 3.05) is 12.0 Å². The van der Waals surface area contributed by atoms with Gasteiger partial charge in [-0.2, -0.15) is 0 Å². The van der Waals surface area contributed by atoms with E-state index in [1.165, 1.54) is 18.4 Å². The molecule has 1 aromatic carbocycles. The van der Waals surface area contributed by atoms with Crippen molar-refractivity contribution < 1.29 is 0 Å². The molecule has 0 atom stereocenters. The van der Waals surface area contributed by atoms with Crippen molar-refractivity contribution in [2.45, 2.75) is 19.3 Å². The van der Waals surface area contributed by atoms with Gasteiger partial charge in [0.1, 0.15) is 5.70 Å². The summed E-state index contributed by atoms with van der Waals surface area (Å²) in [5.74, 6) is 1.07. The monoisotopic (exact) mass is 265 g/mol. The average Bonchev–Trinajstić information content (AvgIpc) is 2.46. The predicted molar refractivity (Wildman–Crippen MR) is 78.1 cm³/mol. The van der Waals surface area contributed by atoms with Crippen LogP contribution in [0, 0.1) is 4.91 Å². The van der Waals surface area contributed by atoms with E-state index in [1.807, 2.05) is 24.5 Å². The summed E-state index contributed by atoms with van der Waals surface area (Å²) in [6.45, 7) is 0. The summed E-state index contributed by atoms with van der Waals surface area (Å²) < 4.78 is 1.05. The zero-order valence-corrected chi connectivity index (χ0v) is 11.4. The van der Waals surface area contributed by atoms with Crippen molar-refractivity contribution >= 4 is 29.2 Å². The molecule has 0 unspecified atom stereocenters. The first-order valence-electron chi connectivity index (χ1n) is 5.69. The molecule has 0 amide bonds. The lowest BCUT2D eigenvalue weighted by Gasteiger charge is -2.09. The molecule has 0 aromatic heterocycles. The van der Waals surface area contributed by atoms with Gasteiger partial charge in [-0.05, 0) is 42.0 Å². The highest BCUT2D eigenvalue weighted by molar-refractivity contribution is 8.22. The topological polar surface area (TPSA) is 29.4 Å². The second kappa shape index (κ2) is 6.26. The lowest BCUT2D eigenvalue weighted by Crippen LogP contribution is -1.92. The SMILES string of the molecule is CSC1=C(N=O)c2ccccc2CCCCS1. The highest BCUT2D eigenvalue weighted by Crippen LogP contribution is 2.38. The van der Waals surface area contributed by atoms with Gasteiger partial charge in [0.05, 0.1) is 4.24 Å². The molecule has 2 nitrogen and oxygen atoms in total. The summed E-state index contributed by atoms with van der Waals surface area (Å²) in [7, 11) is 0. The van der Waals surface area contributed by atoms with Gasteiger partial charge in [-0.3, -0.25) is 0 Å². The van der Waals surface area contributed by atoms with Crippen molar-refractivity contribution in [1.82, 2.24) is 0 Å². The standard InChI is InChI=1S/C13H15NOS2/c1-16-13-12(14-15)11-8-3-2-6-10(11)7-4-5-9-17-13/h2-3,6,8H,4-5,7,9H2,1H3. The van der Waals surface area contributed by atoms with Gasteiger partial charge in [-0.15, -0.1) is 28.4 Å². The largest absolute Gasteiger partial charge is 0.145 e. The van der Waals surface area contributed by atoms with Crippen LogP contribution in [0.4, 0.5) is 0 Å². The lowest BCUT2D eigenvalue weighted by molar-refractivity contribution is 0.802. The Hall–Kier alpha value is -0.740. The summed E-state index contributed by atoms with van der Waals surface area (Å²) in [4.78, 5) is 11.1. The predicted octanol–water partition coefficient (Wildman–Crippen LogP) is 4.51. The van der Waals surface area contributed by atoms with Gasteiger partial charge in [0.25, 0.3) is 0 Å². The number of benzene rings is 1. The number of thioether (sulfide) groups is 2. The van der Waals surface area contributed by atoms with Crippen LogP contribution >= 0.6 is 23.5 Å². The van der Waals surface area contributed by atoms with Crippen molar-refractivity contribution in [3.63, 3.8) is 0 Å². The maximum Gasteiger partial charge on any atom is 0.135 e. The van der Waals surface area contributed by atoms with E-state index < -0.39 is 0 Å². The molecule has 2 rings (SSSR count). The Kier molecular flexibility index (Phi) is 4.68. The van der Waals surface area contributed by atoms with Gasteiger partial charge in [-0.1, -0.05) is 24.3 Å². The third-order valence-electron chi connectivity index (χ3n) is 2.82. The number of aryl methyl sites for hydroxylation is 1. The fourth-order valence-corrected chi connectivity index (χ4v) is 3.85. The zero-order chi connectivity index (χ0) is 12.1. The molecule has 1 aliphatic heterocycles. The molecule has 0 bridgehead atoms. The second-order valence-electron chi connectivity index (χ2n) is 3.89. The molecule has 4 heteroatoms. The summed E-state index contributed by atoms with van der Waals surface area (Å²) in [6.07, 6.45) is 5.42. The molecule has 0 radical (unpaired) electrons. The van der Waals surface area contributed by atoms with Gasteiger partial charge >= 0.3 is 0 Å². The van der Waals surface area contributed by atoms with E-state index in [9.17, 15) is 4.91 Å².